The van der Waals surface area contributed by atoms with Crippen LogP contribution in [0.4, 0.5) is 17.1 Å². The third-order valence-electron chi connectivity index (χ3n) is 4.80. The Kier molecular flexibility index (Phi) is 6.19. The van der Waals surface area contributed by atoms with Crippen LogP contribution >= 0.6 is 11.8 Å². The summed E-state index contributed by atoms with van der Waals surface area (Å²) in [6.07, 6.45) is 1.63. The van der Waals surface area contributed by atoms with Crippen LogP contribution in [0.3, 0.4) is 0 Å². The van der Waals surface area contributed by atoms with Crippen LogP contribution in [-0.4, -0.2) is 49.4 Å². The molecule has 0 saturated carbocycles. The number of thioether (sulfide) groups is 1. The van der Waals surface area contributed by atoms with Crippen LogP contribution < -0.4 is 15.0 Å². The molecule has 10 heteroatoms. The number of hydrogen-bond donors (Lipinski definition) is 1. The van der Waals surface area contributed by atoms with Gasteiger partial charge in [-0.05, 0) is 53.7 Å². The molecular weight excluding hydrogens is 420 g/mol. The molecule has 0 atom stereocenters. The SMILES string of the molecule is COc1ccc(N=C2NC(=O)/C(=C\c3ccc(N4CCOCC4)c([N+](=O)[O-])c3)S2)cc1. The number of aliphatic imine (C=N–C) groups is 1. The van der Waals surface area contributed by atoms with Crippen LogP contribution in [0.5, 0.6) is 5.75 Å². The molecule has 0 aromatic heterocycles. The van der Waals surface area contributed by atoms with E-state index in [1.54, 1.807) is 49.6 Å². The first-order chi connectivity index (χ1) is 15.0. The van der Waals surface area contributed by atoms with Crippen molar-refractivity contribution in [2.24, 2.45) is 4.99 Å². The van der Waals surface area contributed by atoms with E-state index >= 15 is 0 Å². The van der Waals surface area contributed by atoms with E-state index in [4.69, 9.17) is 9.47 Å². The Morgan fingerprint density at radius 2 is 1.97 bits per heavy atom. The van der Waals surface area contributed by atoms with Crippen LogP contribution in [0.25, 0.3) is 6.08 Å². The predicted molar refractivity (Wildman–Crippen MR) is 120 cm³/mol. The fourth-order valence-corrected chi connectivity index (χ4v) is 4.10. The first kappa shape index (κ1) is 20.9. The minimum atomic E-state index is -0.398. The van der Waals surface area contributed by atoms with E-state index in [0.717, 1.165) is 5.75 Å². The number of carbonyl (C=O) groups is 1. The second-order valence-corrected chi connectivity index (χ2v) is 7.82. The van der Waals surface area contributed by atoms with E-state index in [1.165, 1.54) is 17.8 Å². The van der Waals surface area contributed by atoms with Crippen LogP contribution in [0.15, 0.2) is 52.4 Å². The lowest BCUT2D eigenvalue weighted by molar-refractivity contribution is -0.384. The number of morpholine rings is 1. The fourth-order valence-electron chi connectivity index (χ4n) is 3.25. The number of nitro benzene ring substituents is 1. The molecular formula is C21H20N4O5S. The molecule has 1 N–H and O–H groups in total. The van der Waals surface area contributed by atoms with E-state index < -0.39 is 4.92 Å². The van der Waals surface area contributed by atoms with Crippen molar-refractivity contribution in [2.45, 2.75) is 0 Å². The third kappa shape index (κ3) is 4.86. The van der Waals surface area contributed by atoms with Gasteiger partial charge in [0.15, 0.2) is 5.17 Å². The molecule has 0 radical (unpaired) electrons. The number of rotatable bonds is 5. The van der Waals surface area contributed by atoms with E-state index in [-0.39, 0.29) is 11.6 Å². The van der Waals surface area contributed by atoms with Gasteiger partial charge in [0.1, 0.15) is 11.4 Å². The van der Waals surface area contributed by atoms with Crippen molar-refractivity contribution in [3.8, 4) is 5.75 Å². The molecule has 2 heterocycles. The van der Waals surface area contributed by atoms with Crippen molar-refractivity contribution in [2.75, 3.05) is 38.3 Å². The van der Waals surface area contributed by atoms with Crippen molar-refractivity contribution >= 4 is 46.0 Å². The summed E-state index contributed by atoms with van der Waals surface area (Å²) in [6, 6.07) is 12.1. The first-order valence-corrected chi connectivity index (χ1v) is 10.4. The molecule has 2 fully saturated rings. The molecule has 0 unspecified atom stereocenters. The Morgan fingerprint density at radius 1 is 1.23 bits per heavy atom. The fraction of sp³-hybridized carbons (Fsp3) is 0.238. The highest BCUT2D eigenvalue weighted by molar-refractivity contribution is 8.18. The number of hydrogen-bond acceptors (Lipinski definition) is 8. The number of anilines is 1. The Labute approximate surface area is 182 Å². The van der Waals surface area contributed by atoms with E-state index in [9.17, 15) is 14.9 Å². The number of amides is 1. The Bertz CT molecular complexity index is 1060. The lowest BCUT2D eigenvalue weighted by Crippen LogP contribution is -2.36. The van der Waals surface area contributed by atoms with Gasteiger partial charge < -0.3 is 19.7 Å². The second kappa shape index (κ2) is 9.19. The quantitative estimate of drug-likeness (QED) is 0.432. The maximum absolute atomic E-state index is 12.4. The topological polar surface area (TPSA) is 106 Å². The third-order valence-corrected chi connectivity index (χ3v) is 5.71. The average molecular weight is 440 g/mol. The summed E-state index contributed by atoms with van der Waals surface area (Å²) >= 11 is 1.19. The number of ether oxygens (including phenoxy) is 2. The smallest absolute Gasteiger partial charge is 0.293 e. The van der Waals surface area contributed by atoms with Gasteiger partial charge in [-0.15, -0.1) is 0 Å². The zero-order valence-corrected chi connectivity index (χ0v) is 17.6. The van der Waals surface area contributed by atoms with Crippen LogP contribution in [-0.2, 0) is 9.53 Å². The minimum Gasteiger partial charge on any atom is -0.497 e. The van der Waals surface area contributed by atoms with Gasteiger partial charge in [0.2, 0.25) is 0 Å². The molecule has 0 aliphatic carbocycles. The summed E-state index contributed by atoms with van der Waals surface area (Å²) in [5.74, 6) is 0.423. The monoisotopic (exact) mass is 440 g/mol. The predicted octanol–water partition coefficient (Wildman–Crippen LogP) is 3.33. The molecule has 0 spiro atoms. The molecule has 160 valence electrons. The molecule has 31 heavy (non-hydrogen) atoms. The number of nitrogens with zero attached hydrogens (tertiary/aromatic N) is 3. The van der Waals surface area contributed by atoms with Gasteiger partial charge in [0.05, 0.1) is 35.8 Å². The van der Waals surface area contributed by atoms with Gasteiger partial charge in [-0.25, -0.2) is 4.99 Å². The number of carbonyl (C=O) groups excluding carboxylic acids is 1. The van der Waals surface area contributed by atoms with Crippen LogP contribution in [0, 0.1) is 10.1 Å². The van der Waals surface area contributed by atoms with Gasteiger partial charge in [-0.2, -0.15) is 0 Å². The first-order valence-electron chi connectivity index (χ1n) is 9.58. The van der Waals surface area contributed by atoms with Gasteiger partial charge in [0.25, 0.3) is 11.6 Å². The van der Waals surface area contributed by atoms with Gasteiger partial charge >= 0.3 is 0 Å². The summed E-state index contributed by atoms with van der Waals surface area (Å²) < 4.78 is 10.4. The number of methoxy groups -OCH3 is 1. The summed E-state index contributed by atoms with van der Waals surface area (Å²) in [5.41, 5.74) is 1.81. The zero-order valence-electron chi connectivity index (χ0n) is 16.7. The molecule has 2 saturated heterocycles. The Balaban J connectivity index is 1.56. The molecule has 9 nitrogen and oxygen atoms in total. The molecule has 4 rings (SSSR count). The molecule has 2 aromatic rings. The van der Waals surface area contributed by atoms with Crippen molar-refractivity contribution < 1.29 is 19.2 Å². The highest BCUT2D eigenvalue weighted by Gasteiger charge is 2.25. The summed E-state index contributed by atoms with van der Waals surface area (Å²) in [5, 5.41) is 14.8. The molecule has 2 aliphatic rings. The Hall–Kier alpha value is -3.37. The van der Waals surface area contributed by atoms with Crippen LogP contribution in [0.2, 0.25) is 0 Å². The summed E-state index contributed by atoms with van der Waals surface area (Å²) in [6.45, 7) is 2.28. The minimum absolute atomic E-state index is 0.00628. The molecule has 2 aromatic carbocycles. The molecule has 1 amide bonds. The van der Waals surface area contributed by atoms with Gasteiger partial charge in [-0.3, -0.25) is 14.9 Å². The maximum atomic E-state index is 12.4. The number of amidine groups is 1. The van der Waals surface area contributed by atoms with Gasteiger partial charge in [0, 0.05) is 19.2 Å². The maximum Gasteiger partial charge on any atom is 0.293 e. The Morgan fingerprint density at radius 3 is 2.65 bits per heavy atom. The van der Waals surface area contributed by atoms with Crippen molar-refractivity contribution in [3.63, 3.8) is 0 Å². The van der Waals surface area contributed by atoms with E-state index in [1.807, 2.05) is 4.90 Å². The highest BCUT2D eigenvalue weighted by atomic mass is 32.2. The summed E-state index contributed by atoms with van der Waals surface area (Å²) in [4.78, 5) is 30.4. The average Bonchev–Trinajstić information content (AvgIpc) is 3.13. The van der Waals surface area contributed by atoms with Gasteiger partial charge in [-0.1, -0.05) is 6.07 Å². The number of nitro groups is 1. The molecule has 0 bridgehead atoms. The van der Waals surface area contributed by atoms with E-state index in [2.05, 4.69) is 10.3 Å². The van der Waals surface area contributed by atoms with Crippen molar-refractivity contribution in [1.29, 1.82) is 0 Å². The zero-order chi connectivity index (χ0) is 21.8. The van der Waals surface area contributed by atoms with Crippen molar-refractivity contribution in [1.82, 2.24) is 5.32 Å². The lowest BCUT2D eigenvalue weighted by Gasteiger charge is -2.28. The lowest BCUT2D eigenvalue weighted by atomic mass is 10.1. The second-order valence-electron chi connectivity index (χ2n) is 6.78. The summed E-state index contributed by atoms with van der Waals surface area (Å²) in [7, 11) is 1.59. The van der Waals surface area contributed by atoms with E-state index in [0.29, 0.717) is 53.3 Å². The molecule has 2 aliphatic heterocycles. The highest BCUT2D eigenvalue weighted by Crippen LogP contribution is 2.33. The number of nitrogens with one attached hydrogen (secondary N) is 1. The van der Waals surface area contributed by atoms with Crippen LogP contribution in [0.1, 0.15) is 5.56 Å². The normalized spacial score (nSPS) is 19.0. The number of benzene rings is 2. The van der Waals surface area contributed by atoms with Crippen molar-refractivity contribution in [3.05, 3.63) is 63.0 Å². The largest absolute Gasteiger partial charge is 0.497 e. The standard InChI is InChI=1S/C21H20N4O5S/c1-29-16-5-3-15(4-6-16)22-21-23-20(26)19(31-21)13-14-2-7-17(18(12-14)25(27)28)24-8-10-30-11-9-24/h2-7,12-13H,8-11H2,1H3,(H,22,23,26)/b19-13+.